The fraction of sp³-hybridized carbons (Fsp3) is 0.500. The standard InChI is InChI=1S/C18H26N2O12P2/c1-11-4-2-3-5-12(11)6-8-19-14(21)7-9-20(18(19)24)17-16(23)15(22)13(31-17)10-30-34(28,29)32-33(25,26)27/h2-5,7,9,13,15-18,22-24H,6,8,10H2,1H3,(H,28,29)(H2,25,26,27)/t13-,15+,16+,17-,18?/m1/s1. The third kappa shape index (κ3) is 6.51. The van der Waals surface area contributed by atoms with Gasteiger partial charge in [-0.1, -0.05) is 24.3 Å². The first-order valence-corrected chi connectivity index (χ1v) is 13.1. The highest BCUT2D eigenvalue weighted by Gasteiger charge is 2.49. The van der Waals surface area contributed by atoms with Crippen LogP contribution in [0.2, 0.25) is 0 Å². The van der Waals surface area contributed by atoms with E-state index in [9.17, 15) is 34.1 Å². The number of carbonyl (C=O) groups is 1. The number of rotatable bonds is 9. The molecule has 34 heavy (non-hydrogen) atoms. The predicted octanol–water partition coefficient (Wildman–Crippen LogP) is -0.856. The molecule has 16 heteroatoms. The number of carbonyl (C=O) groups excluding carboxylic acids is 1. The fourth-order valence-corrected chi connectivity index (χ4v) is 5.21. The molecule has 0 bridgehead atoms. The van der Waals surface area contributed by atoms with Crippen molar-refractivity contribution in [2.75, 3.05) is 13.2 Å². The first-order chi connectivity index (χ1) is 15.8. The highest BCUT2D eigenvalue weighted by molar-refractivity contribution is 7.60. The Bertz CT molecular complexity index is 1020. The molecule has 2 heterocycles. The summed E-state index contributed by atoms with van der Waals surface area (Å²) < 4.78 is 35.9. The number of hydrogen-bond acceptors (Lipinski definition) is 10. The Hall–Kier alpha value is -1.67. The molecule has 14 nitrogen and oxygen atoms in total. The van der Waals surface area contributed by atoms with Crippen molar-refractivity contribution < 1.29 is 57.5 Å². The number of phosphoric acid groups is 2. The molecule has 6 N–H and O–H groups in total. The minimum atomic E-state index is -5.34. The van der Waals surface area contributed by atoms with E-state index in [2.05, 4.69) is 8.83 Å². The molecule has 190 valence electrons. The summed E-state index contributed by atoms with van der Waals surface area (Å²) in [5, 5.41) is 31.4. The van der Waals surface area contributed by atoms with E-state index >= 15 is 0 Å². The van der Waals surface area contributed by atoms with Crippen molar-refractivity contribution >= 4 is 21.6 Å². The van der Waals surface area contributed by atoms with Crippen molar-refractivity contribution in [1.29, 1.82) is 0 Å². The normalized spacial score (nSPS) is 29.5. The number of amides is 1. The summed E-state index contributed by atoms with van der Waals surface area (Å²) in [6.07, 6.45) is -4.92. The first kappa shape index (κ1) is 26.9. The second-order valence-electron chi connectivity index (χ2n) is 7.70. The van der Waals surface area contributed by atoms with Crippen molar-refractivity contribution in [3.05, 3.63) is 47.7 Å². The monoisotopic (exact) mass is 524 g/mol. The number of aliphatic hydroxyl groups excluding tert-OH is 3. The lowest BCUT2D eigenvalue weighted by Gasteiger charge is -2.41. The average Bonchev–Trinajstić information content (AvgIpc) is 3.00. The lowest BCUT2D eigenvalue weighted by molar-refractivity contribution is -0.189. The minimum Gasteiger partial charge on any atom is -0.387 e. The van der Waals surface area contributed by atoms with Crippen LogP contribution >= 0.6 is 15.6 Å². The van der Waals surface area contributed by atoms with Crippen LogP contribution < -0.4 is 0 Å². The summed E-state index contributed by atoms with van der Waals surface area (Å²) in [6, 6.07) is 7.54. The molecule has 2 aliphatic heterocycles. The lowest BCUT2D eigenvalue weighted by Crippen LogP contribution is -2.57. The van der Waals surface area contributed by atoms with Gasteiger partial charge in [-0.25, -0.2) is 9.13 Å². The number of aryl methyl sites for hydroxylation is 1. The number of nitrogens with zero attached hydrogens (tertiary/aromatic N) is 2. The molecule has 0 radical (unpaired) electrons. The SMILES string of the molecule is Cc1ccccc1CCN1C(=O)C=CN([C@@H]2O[C@H](COP(=O)(O)OP(=O)(O)O)[C@H](O)[C@@H]2O)C1O. The molecule has 1 aromatic carbocycles. The molecule has 1 amide bonds. The van der Waals surface area contributed by atoms with Gasteiger partial charge in [-0.15, -0.1) is 0 Å². The average molecular weight is 524 g/mol. The number of aliphatic hydroxyl groups is 3. The molecule has 0 spiro atoms. The molecule has 6 atom stereocenters. The highest BCUT2D eigenvalue weighted by Crippen LogP contribution is 2.57. The van der Waals surface area contributed by atoms with Crippen molar-refractivity contribution in [3.8, 4) is 0 Å². The molecule has 0 aliphatic carbocycles. The summed E-state index contributed by atoms with van der Waals surface area (Å²) in [4.78, 5) is 41.2. The van der Waals surface area contributed by atoms with Gasteiger partial charge in [-0.05, 0) is 24.5 Å². The Kier molecular flexibility index (Phi) is 8.33. The molecular weight excluding hydrogens is 498 g/mol. The summed E-state index contributed by atoms with van der Waals surface area (Å²) in [6.45, 7) is 1.17. The van der Waals surface area contributed by atoms with E-state index < -0.39 is 59.1 Å². The third-order valence-corrected chi connectivity index (χ3v) is 7.50. The molecule has 1 saturated heterocycles. The maximum Gasteiger partial charge on any atom is 0.481 e. The molecule has 2 unspecified atom stereocenters. The van der Waals surface area contributed by atoms with E-state index in [0.29, 0.717) is 6.42 Å². The molecule has 1 fully saturated rings. The van der Waals surface area contributed by atoms with Crippen LogP contribution in [0.5, 0.6) is 0 Å². The van der Waals surface area contributed by atoms with E-state index in [0.717, 1.165) is 27.0 Å². The predicted molar refractivity (Wildman–Crippen MR) is 113 cm³/mol. The minimum absolute atomic E-state index is 0.136. The fourth-order valence-electron chi connectivity index (χ4n) is 3.61. The van der Waals surface area contributed by atoms with Crippen LogP contribution in [0.4, 0.5) is 0 Å². The molecule has 0 saturated carbocycles. The molecular formula is C18H26N2O12P2. The van der Waals surface area contributed by atoms with Gasteiger partial charge in [0.1, 0.15) is 18.3 Å². The maximum atomic E-state index is 12.4. The third-order valence-electron chi connectivity index (χ3n) is 5.34. The number of ether oxygens (including phenoxy) is 1. The smallest absolute Gasteiger partial charge is 0.387 e. The lowest BCUT2D eigenvalue weighted by atomic mass is 10.1. The number of phosphoric ester groups is 1. The van der Waals surface area contributed by atoms with Gasteiger partial charge in [0, 0.05) is 18.8 Å². The summed E-state index contributed by atoms with van der Waals surface area (Å²) in [5.41, 5.74) is 1.98. The van der Waals surface area contributed by atoms with E-state index in [1.807, 2.05) is 31.2 Å². The van der Waals surface area contributed by atoms with Gasteiger partial charge in [0.15, 0.2) is 6.23 Å². The van der Waals surface area contributed by atoms with Gasteiger partial charge in [0.05, 0.1) is 6.61 Å². The summed E-state index contributed by atoms with van der Waals surface area (Å²) >= 11 is 0. The van der Waals surface area contributed by atoms with E-state index in [1.54, 1.807) is 0 Å². The topological polar surface area (TPSA) is 207 Å². The zero-order valence-corrected chi connectivity index (χ0v) is 19.7. The van der Waals surface area contributed by atoms with E-state index in [-0.39, 0.29) is 6.54 Å². The van der Waals surface area contributed by atoms with Crippen LogP contribution in [0.3, 0.4) is 0 Å². The largest absolute Gasteiger partial charge is 0.481 e. The molecule has 2 aliphatic rings. The van der Waals surface area contributed by atoms with Crippen molar-refractivity contribution in [2.45, 2.75) is 44.2 Å². The zero-order chi connectivity index (χ0) is 25.3. The van der Waals surface area contributed by atoms with Crippen LogP contribution in [0.15, 0.2) is 36.5 Å². The summed E-state index contributed by atoms with van der Waals surface area (Å²) in [5.74, 6) is -0.485. The quantitative estimate of drug-likeness (QED) is 0.218. The zero-order valence-electron chi connectivity index (χ0n) is 17.9. The second-order valence-corrected chi connectivity index (χ2v) is 10.5. The Morgan fingerprint density at radius 2 is 1.76 bits per heavy atom. The van der Waals surface area contributed by atoms with Gasteiger partial charge in [0.2, 0.25) is 6.35 Å². The van der Waals surface area contributed by atoms with Crippen molar-refractivity contribution in [3.63, 3.8) is 0 Å². The maximum absolute atomic E-state index is 12.4. The van der Waals surface area contributed by atoms with Crippen LogP contribution in [0.1, 0.15) is 11.1 Å². The number of benzene rings is 1. The Balaban J connectivity index is 1.65. The highest BCUT2D eigenvalue weighted by atomic mass is 31.3. The van der Waals surface area contributed by atoms with Crippen LogP contribution in [-0.2, 0) is 33.9 Å². The van der Waals surface area contributed by atoms with E-state index in [1.165, 1.54) is 6.20 Å². The molecule has 0 aromatic heterocycles. The Morgan fingerprint density at radius 3 is 2.41 bits per heavy atom. The van der Waals surface area contributed by atoms with Gasteiger partial charge < -0.3 is 39.6 Å². The van der Waals surface area contributed by atoms with Crippen LogP contribution in [-0.4, -0.2) is 89.8 Å². The molecule has 3 rings (SSSR count). The van der Waals surface area contributed by atoms with Gasteiger partial charge in [-0.2, -0.15) is 4.31 Å². The van der Waals surface area contributed by atoms with Gasteiger partial charge in [-0.3, -0.25) is 14.2 Å². The Labute approximate surface area is 194 Å². The van der Waals surface area contributed by atoms with Gasteiger partial charge >= 0.3 is 15.6 Å². The van der Waals surface area contributed by atoms with Crippen LogP contribution in [0.25, 0.3) is 0 Å². The van der Waals surface area contributed by atoms with E-state index in [4.69, 9.17) is 14.5 Å². The first-order valence-electron chi connectivity index (χ1n) is 10.0. The number of hydrogen-bond donors (Lipinski definition) is 6. The second kappa shape index (κ2) is 10.5. The van der Waals surface area contributed by atoms with Crippen molar-refractivity contribution in [2.24, 2.45) is 0 Å². The Morgan fingerprint density at radius 1 is 1.09 bits per heavy atom. The summed E-state index contributed by atoms with van der Waals surface area (Å²) in [7, 11) is -10.5. The van der Waals surface area contributed by atoms with Crippen LogP contribution in [0, 0.1) is 6.92 Å². The van der Waals surface area contributed by atoms with Gasteiger partial charge in [0.25, 0.3) is 5.91 Å². The van der Waals surface area contributed by atoms with Crippen molar-refractivity contribution in [1.82, 2.24) is 9.80 Å². The molecule has 1 aromatic rings.